The summed E-state index contributed by atoms with van der Waals surface area (Å²) in [5, 5.41) is 0. The molecule has 3 heterocycles. The smallest absolute Gasteiger partial charge is 0.331 e. The first-order valence-electron chi connectivity index (χ1n) is 17.2. The molecule has 0 N–H and O–H groups in total. The second kappa shape index (κ2) is 37.0. The predicted molar refractivity (Wildman–Crippen MR) is 206 cm³/mol. The van der Waals surface area contributed by atoms with Gasteiger partial charge in [-0.1, -0.05) is 22.3 Å². The number of hydrogen-bond acceptors (Lipinski definition) is 15. The lowest BCUT2D eigenvalue weighted by Crippen LogP contribution is -2.37. The van der Waals surface area contributed by atoms with Crippen molar-refractivity contribution in [1.29, 1.82) is 0 Å². The van der Waals surface area contributed by atoms with Crippen LogP contribution in [0.2, 0.25) is 39.3 Å². The average Bonchev–Trinajstić information content (AvgIpc) is 3.08. The van der Waals surface area contributed by atoms with Gasteiger partial charge in [0.25, 0.3) is 0 Å². The van der Waals surface area contributed by atoms with E-state index < -0.39 is 25.7 Å². The van der Waals surface area contributed by atoms with Gasteiger partial charge >= 0.3 is 25.7 Å². The minimum atomic E-state index is -2.05. The van der Waals surface area contributed by atoms with E-state index in [1.165, 1.54) is 0 Å². The highest BCUT2D eigenvalue weighted by atomic mass is 28.4. The van der Waals surface area contributed by atoms with Gasteiger partial charge in [-0.3, -0.25) is 0 Å². The van der Waals surface area contributed by atoms with Gasteiger partial charge in [0.1, 0.15) is 0 Å². The van der Waals surface area contributed by atoms with Crippen LogP contribution >= 0.6 is 0 Å². The Morgan fingerprint density at radius 1 is 0.196 bits per heavy atom. The summed E-state index contributed by atoms with van der Waals surface area (Å²) in [6.45, 7) is 26.5. The Morgan fingerprint density at radius 2 is 0.294 bits per heavy atom. The van der Waals surface area contributed by atoms with E-state index in [1.807, 2.05) is 39.3 Å². The number of hydrogen-bond donors (Lipinski definition) is 0. The summed E-state index contributed by atoms with van der Waals surface area (Å²) in [6, 6.07) is 0. The number of ether oxygens (including phenoxy) is 9. The van der Waals surface area contributed by atoms with E-state index in [-0.39, 0.29) is 22.3 Å². The molecule has 3 aliphatic rings. The minimum Gasteiger partial charge on any atom is -0.392 e. The van der Waals surface area contributed by atoms with E-state index >= 15 is 0 Å². The Labute approximate surface area is 314 Å². The van der Waals surface area contributed by atoms with Crippen LogP contribution in [0, 0.1) is 0 Å². The molecule has 0 radical (unpaired) electrons. The fourth-order valence-corrected chi connectivity index (χ4v) is 7.53. The van der Waals surface area contributed by atoms with Crippen molar-refractivity contribution in [3.63, 3.8) is 0 Å². The van der Waals surface area contributed by atoms with Gasteiger partial charge in [0, 0.05) is 0 Å². The molecule has 51 heavy (non-hydrogen) atoms. The maximum atomic E-state index is 5.73. The largest absolute Gasteiger partial charge is 0.392 e. The lowest BCUT2D eigenvalue weighted by molar-refractivity contribution is -0.00682. The molecule has 0 aromatic rings. The lowest BCUT2D eigenvalue weighted by Gasteiger charge is -2.23. The van der Waals surface area contributed by atoms with Crippen molar-refractivity contribution in [3.8, 4) is 0 Å². The summed E-state index contributed by atoms with van der Waals surface area (Å²) in [7, 11) is -5.95. The van der Waals surface area contributed by atoms with Crippen LogP contribution in [0.3, 0.4) is 0 Å². The highest BCUT2D eigenvalue weighted by Crippen LogP contribution is 2.08. The van der Waals surface area contributed by atoms with Crippen molar-refractivity contribution in [2.45, 2.75) is 61.6 Å². The minimum absolute atomic E-state index is 0. The van der Waals surface area contributed by atoms with Gasteiger partial charge < -0.3 is 69.2 Å². The maximum absolute atomic E-state index is 5.73. The van der Waals surface area contributed by atoms with Gasteiger partial charge in [0.2, 0.25) is 0 Å². The van der Waals surface area contributed by atoms with Crippen molar-refractivity contribution in [1.82, 2.24) is 0 Å². The molecule has 15 nitrogen and oxygen atoms in total. The third-order valence-electron chi connectivity index (χ3n) is 6.30. The fraction of sp³-hybridized carbons (Fsp3) is 1.00. The molecule has 3 rings (SSSR count). The Kier molecular flexibility index (Phi) is 40.2. The standard InChI is InChI=1S/C12H26O6Si.C10H22O5Si.C8H18O4Si.3CH4/c1-19(2)17-11-9-15-7-5-13-3-4-14-6-8-16-10-12-18-19;1-16(2)14-9-7-12-5-3-11-4-6-13-8-10-15-16;1-13(2)11-7-5-9-3-4-10-6-8-12-13;;;/h3-12H2,1-2H3;3-10H2,1-2H3;3-8H2,1-2H3;3*1H4. The average molecular weight is 799 g/mol. The SMILES string of the molecule is C.C.C.C[Si]1(C)OCCOCCOCCO1.C[Si]1(C)OCCOCCOCCOCCO1.C[Si]1(C)OCCOCCOCCOCCOCCO1. The second-order valence-corrected chi connectivity index (χ2v) is 21.9. The normalized spacial score (nSPS) is 24.4. The van der Waals surface area contributed by atoms with Crippen molar-refractivity contribution < 1.29 is 69.2 Å². The molecule has 0 atom stereocenters. The van der Waals surface area contributed by atoms with Crippen molar-refractivity contribution in [2.75, 3.05) is 159 Å². The van der Waals surface area contributed by atoms with Gasteiger partial charge in [0.15, 0.2) is 0 Å². The Morgan fingerprint density at radius 3 is 0.412 bits per heavy atom. The first-order chi connectivity index (χ1) is 23.1. The van der Waals surface area contributed by atoms with Crippen molar-refractivity contribution >= 4 is 25.7 Å². The number of rotatable bonds is 0. The van der Waals surface area contributed by atoms with E-state index in [4.69, 9.17) is 69.2 Å². The van der Waals surface area contributed by atoms with E-state index in [9.17, 15) is 0 Å². The fourth-order valence-electron chi connectivity index (χ4n) is 3.83. The Hall–Kier alpha value is 0.0506. The molecule has 18 heteroatoms. The molecular weight excluding hydrogens is 721 g/mol. The molecule has 0 saturated carbocycles. The molecule has 312 valence electrons. The monoisotopic (exact) mass is 798 g/mol. The van der Waals surface area contributed by atoms with Crippen LogP contribution in [0.1, 0.15) is 22.3 Å². The maximum Gasteiger partial charge on any atom is 0.331 e. The van der Waals surface area contributed by atoms with E-state index in [0.29, 0.717) is 159 Å². The summed E-state index contributed by atoms with van der Waals surface area (Å²) in [5.41, 5.74) is 0. The van der Waals surface area contributed by atoms with Gasteiger partial charge in [-0.25, -0.2) is 0 Å². The first-order valence-corrected chi connectivity index (χ1v) is 25.6. The summed E-state index contributed by atoms with van der Waals surface area (Å²) < 4.78 is 82.0. The molecule has 0 aliphatic carbocycles. The molecule has 0 unspecified atom stereocenters. The molecule has 0 spiro atoms. The third kappa shape index (κ3) is 39.6. The van der Waals surface area contributed by atoms with Gasteiger partial charge in [-0.05, 0) is 39.3 Å². The van der Waals surface area contributed by atoms with E-state index in [1.54, 1.807) is 0 Å². The molecule has 3 fully saturated rings. The van der Waals surface area contributed by atoms with Crippen molar-refractivity contribution in [2.24, 2.45) is 0 Å². The molecule has 0 aromatic heterocycles. The molecule has 3 saturated heterocycles. The quantitative estimate of drug-likeness (QED) is 0.323. The van der Waals surface area contributed by atoms with Crippen LogP contribution in [0.15, 0.2) is 0 Å². The summed E-state index contributed by atoms with van der Waals surface area (Å²) >= 11 is 0. The zero-order chi connectivity index (χ0) is 35.1. The third-order valence-corrected chi connectivity index (χ3v) is 11.7. The van der Waals surface area contributed by atoms with Crippen LogP contribution in [0.25, 0.3) is 0 Å². The van der Waals surface area contributed by atoms with Crippen molar-refractivity contribution in [3.05, 3.63) is 0 Å². The lowest BCUT2D eigenvalue weighted by atomic mass is 10.7. The van der Waals surface area contributed by atoms with Gasteiger partial charge in [-0.15, -0.1) is 0 Å². The predicted octanol–water partition coefficient (Wildman–Crippen LogP) is 4.26. The first kappa shape index (κ1) is 55.4. The van der Waals surface area contributed by atoms with Gasteiger partial charge in [0.05, 0.1) is 159 Å². The summed E-state index contributed by atoms with van der Waals surface area (Å²) in [4.78, 5) is 0. The van der Waals surface area contributed by atoms with Crippen LogP contribution in [-0.2, 0) is 69.2 Å². The zero-order valence-electron chi connectivity index (χ0n) is 30.6. The molecule has 0 aromatic carbocycles. The molecular formula is C33H78O15Si3. The highest BCUT2D eigenvalue weighted by Gasteiger charge is 2.25. The second-order valence-electron chi connectivity index (χ2n) is 11.8. The van der Waals surface area contributed by atoms with Crippen LogP contribution in [0.4, 0.5) is 0 Å². The van der Waals surface area contributed by atoms with Crippen LogP contribution < -0.4 is 0 Å². The molecule has 0 bridgehead atoms. The summed E-state index contributed by atoms with van der Waals surface area (Å²) in [5.74, 6) is 0. The van der Waals surface area contributed by atoms with Crippen LogP contribution in [-0.4, -0.2) is 184 Å². The Bertz CT molecular complexity index is 662. The Balaban J connectivity index is -0.000000669. The molecule has 3 aliphatic heterocycles. The zero-order valence-corrected chi connectivity index (χ0v) is 33.6. The van der Waals surface area contributed by atoms with Gasteiger partial charge in [-0.2, -0.15) is 0 Å². The summed E-state index contributed by atoms with van der Waals surface area (Å²) in [6.07, 6.45) is 0. The molecule has 0 amide bonds. The van der Waals surface area contributed by atoms with E-state index in [2.05, 4.69) is 0 Å². The topological polar surface area (TPSA) is 138 Å². The van der Waals surface area contributed by atoms with Crippen LogP contribution in [0.5, 0.6) is 0 Å². The van der Waals surface area contributed by atoms with E-state index in [0.717, 1.165) is 0 Å². The highest BCUT2D eigenvalue weighted by molar-refractivity contribution is 6.65.